The maximum atomic E-state index is 11.6. The summed E-state index contributed by atoms with van der Waals surface area (Å²) in [5.41, 5.74) is 0. The summed E-state index contributed by atoms with van der Waals surface area (Å²) in [6.45, 7) is 4.67. The van der Waals surface area contributed by atoms with Crippen LogP contribution in [0.2, 0.25) is 0 Å². The molecule has 0 aromatic carbocycles. The summed E-state index contributed by atoms with van der Waals surface area (Å²) in [7, 11) is -2.00. The highest BCUT2D eigenvalue weighted by atomic mass is 31.2. The maximum absolute atomic E-state index is 11.6. The lowest BCUT2D eigenvalue weighted by molar-refractivity contribution is -0.139. The molecule has 0 bridgehead atoms. The van der Waals surface area contributed by atoms with Crippen molar-refractivity contribution in [3.63, 3.8) is 0 Å². The Hall–Kier alpha value is -0.380. The van der Waals surface area contributed by atoms with E-state index in [9.17, 15) is 9.36 Å². The second kappa shape index (κ2) is 5.37. The molecule has 1 atom stereocenters. The SMILES string of the molecule is COP(=O)(COC(C)=O)OC(C)C. The lowest BCUT2D eigenvalue weighted by Gasteiger charge is -2.17. The van der Waals surface area contributed by atoms with Gasteiger partial charge in [0.2, 0.25) is 0 Å². The van der Waals surface area contributed by atoms with Crippen LogP contribution in [0, 0.1) is 0 Å². The Morgan fingerprint density at radius 3 is 2.31 bits per heavy atom. The third kappa shape index (κ3) is 5.80. The quantitative estimate of drug-likeness (QED) is 0.511. The van der Waals surface area contributed by atoms with E-state index < -0.39 is 13.6 Å². The molecule has 0 saturated heterocycles. The van der Waals surface area contributed by atoms with Gasteiger partial charge in [-0.3, -0.25) is 9.36 Å². The summed E-state index contributed by atoms with van der Waals surface area (Å²) in [5, 5.41) is 0. The van der Waals surface area contributed by atoms with Crippen molar-refractivity contribution in [1.82, 2.24) is 0 Å². The van der Waals surface area contributed by atoms with Gasteiger partial charge in [-0.2, -0.15) is 0 Å². The van der Waals surface area contributed by atoms with E-state index in [1.165, 1.54) is 14.0 Å². The van der Waals surface area contributed by atoms with Gasteiger partial charge in [0.15, 0.2) is 6.35 Å². The molecule has 13 heavy (non-hydrogen) atoms. The van der Waals surface area contributed by atoms with Crippen molar-refractivity contribution in [1.29, 1.82) is 0 Å². The fraction of sp³-hybridized carbons (Fsp3) is 0.857. The zero-order valence-electron chi connectivity index (χ0n) is 8.27. The van der Waals surface area contributed by atoms with Crippen molar-refractivity contribution in [3.8, 4) is 0 Å². The molecule has 0 aliphatic heterocycles. The average Bonchev–Trinajstić information content (AvgIpc) is 2.00. The highest BCUT2D eigenvalue weighted by Gasteiger charge is 2.26. The number of hydrogen-bond acceptors (Lipinski definition) is 5. The molecule has 0 aromatic heterocycles. The molecule has 0 rings (SSSR count). The van der Waals surface area contributed by atoms with Crippen molar-refractivity contribution in [2.45, 2.75) is 26.9 Å². The molecule has 0 amide bonds. The lowest BCUT2D eigenvalue weighted by Crippen LogP contribution is -2.08. The average molecular weight is 210 g/mol. The van der Waals surface area contributed by atoms with E-state index in [1.807, 2.05) is 0 Å². The third-order valence-electron chi connectivity index (χ3n) is 1.08. The van der Waals surface area contributed by atoms with E-state index in [0.717, 1.165) is 0 Å². The van der Waals surface area contributed by atoms with E-state index in [1.54, 1.807) is 13.8 Å². The van der Waals surface area contributed by atoms with Gasteiger partial charge in [0.25, 0.3) is 0 Å². The third-order valence-corrected chi connectivity index (χ3v) is 2.82. The predicted octanol–water partition coefficient (Wildman–Crippen LogP) is 1.77. The minimum Gasteiger partial charge on any atom is -0.453 e. The van der Waals surface area contributed by atoms with Crippen LogP contribution in [0.1, 0.15) is 20.8 Å². The Bertz CT molecular complexity index is 213. The predicted molar refractivity (Wildman–Crippen MR) is 47.5 cm³/mol. The van der Waals surface area contributed by atoms with Crippen molar-refractivity contribution in [2.75, 3.05) is 13.5 Å². The summed E-state index contributed by atoms with van der Waals surface area (Å²) >= 11 is 0. The number of esters is 1. The number of ether oxygens (including phenoxy) is 1. The van der Waals surface area contributed by atoms with Gasteiger partial charge in [-0.05, 0) is 13.8 Å². The lowest BCUT2D eigenvalue weighted by atomic mass is 10.5. The molecule has 78 valence electrons. The molecule has 0 fully saturated rings. The van der Waals surface area contributed by atoms with Crippen LogP contribution in [0.4, 0.5) is 0 Å². The van der Waals surface area contributed by atoms with Crippen LogP contribution in [0.25, 0.3) is 0 Å². The second-order valence-corrected chi connectivity index (χ2v) is 4.77. The summed E-state index contributed by atoms with van der Waals surface area (Å²) in [6.07, 6.45) is -0.571. The Balaban J connectivity index is 4.12. The molecule has 0 aromatic rings. The molecule has 0 radical (unpaired) electrons. The van der Waals surface area contributed by atoms with E-state index in [0.29, 0.717) is 0 Å². The molecule has 0 saturated carbocycles. The Morgan fingerprint density at radius 2 is 2.00 bits per heavy atom. The van der Waals surface area contributed by atoms with E-state index >= 15 is 0 Å². The second-order valence-electron chi connectivity index (χ2n) is 2.71. The van der Waals surface area contributed by atoms with Crippen LogP contribution in [0.5, 0.6) is 0 Å². The van der Waals surface area contributed by atoms with Gasteiger partial charge in [0.05, 0.1) is 6.10 Å². The Morgan fingerprint density at radius 1 is 1.46 bits per heavy atom. The van der Waals surface area contributed by atoms with Gasteiger partial charge in [-0.1, -0.05) is 0 Å². The van der Waals surface area contributed by atoms with E-state index in [4.69, 9.17) is 4.52 Å². The zero-order valence-corrected chi connectivity index (χ0v) is 9.17. The molecule has 1 unspecified atom stereocenters. The molecule has 6 heteroatoms. The van der Waals surface area contributed by atoms with Crippen molar-refractivity contribution in [2.24, 2.45) is 0 Å². The van der Waals surface area contributed by atoms with Crippen LogP contribution in [0.15, 0.2) is 0 Å². The monoisotopic (exact) mass is 210 g/mol. The zero-order chi connectivity index (χ0) is 10.5. The first-order chi connectivity index (χ1) is 5.89. The summed E-state index contributed by atoms with van der Waals surface area (Å²) < 4.78 is 25.8. The normalized spacial score (nSPS) is 15.5. The fourth-order valence-electron chi connectivity index (χ4n) is 0.617. The molecule has 0 heterocycles. The molecule has 0 aliphatic carbocycles. The minimum absolute atomic E-state index is 0.235. The van der Waals surface area contributed by atoms with Gasteiger partial charge in [0, 0.05) is 14.0 Å². The van der Waals surface area contributed by atoms with Crippen molar-refractivity contribution in [3.05, 3.63) is 0 Å². The number of hydrogen-bond donors (Lipinski definition) is 0. The summed E-state index contributed by atoms with van der Waals surface area (Å²) in [5.74, 6) is -0.510. The molecule has 0 aliphatic rings. The molecule has 5 nitrogen and oxygen atoms in total. The van der Waals surface area contributed by atoms with Crippen LogP contribution in [-0.2, 0) is 23.1 Å². The Labute approximate surface area is 77.9 Å². The van der Waals surface area contributed by atoms with Gasteiger partial charge in [0.1, 0.15) is 0 Å². The molecule has 0 spiro atoms. The van der Waals surface area contributed by atoms with Crippen LogP contribution < -0.4 is 0 Å². The molecular formula is C7H15O5P. The van der Waals surface area contributed by atoms with Gasteiger partial charge < -0.3 is 13.8 Å². The topological polar surface area (TPSA) is 61.8 Å². The fourth-order valence-corrected chi connectivity index (χ4v) is 1.85. The summed E-state index contributed by atoms with van der Waals surface area (Å²) in [6, 6.07) is 0. The number of rotatable bonds is 5. The standard InChI is InChI=1S/C7H15O5P/c1-6(2)12-13(9,10-4)5-11-7(3)8/h6H,5H2,1-4H3. The van der Waals surface area contributed by atoms with Crippen LogP contribution in [-0.4, -0.2) is 25.5 Å². The first-order valence-corrected chi connectivity index (χ1v) is 5.59. The van der Waals surface area contributed by atoms with Gasteiger partial charge >= 0.3 is 13.6 Å². The number of carbonyl (C=O) groups is 1. The van der Waals surface area contributed by atoms with E-state index in [-0.39, 0.29) is 12.5 Å². The number of carbonyl (C=O) groups excluding carboxylic acids is 1. The van der Waals surface area contributed by atoms with Gasteiger partial charge in [-0.15, -0.1) is 0 Å². The highest BCUT2D eigenvalue weighted by molar-refractivity contribution is 7.53. The van der Waals surface area contributed by atoms with Crippen molar-refractivity contribution >= 4 is 13.6 Å². The maximum Gasteiger partial charge on any atom is 0.367 e. The van der Waals surface area contributed by atoms with Crippen LogP contribution >= 0.6 is 7.60 Å². The largest absolute Gasteiger partial charge is 0.453 e. The molecule has 0 N–H and O–H groups in total. The minimum atomic E-state index is -3.25. The first kappa shape index (κ1) is 12.6. The van der Waals surface area contributed by atoms with Gasteiger partial charge in [-0.25, -0.2) is 0 Å². The van der Waals surface area contributed by atoms with E-state index in [2.05, 4.69) is 9.26 Å². The first-order valence-electron chi connectivity index (χ1n) is 3.86. The highest BCUT2D eigenvalue weighted by Crippen LogP contribution is 2.48. The Kier molecular flexibility index (Phi) is 5.21. The molecular weight excluding hydrogens is 195 g/mol. The summed E-state index contributed by atoms with van der Waals surface area (Å²) in [4.78, 5) is 10.4. The van der Waals surface area contributed by atoms with Crippen molar-refractivity contribution < 1.29 is 23.1 Å². The smallest absolute Gasteiger partial charge is 0.367 e. The van der Waals surface area contributed by atoms with Crippen LogP contribution in [0.3, 0.4) is 0 Å².